The van der Waals surface area contributed by atoms with E-state index in [0.29, 0.717) is 12.2 Å². The topological polar surface area (TPSA) is 180 Å². The maximum absolute atomic E-state index is 11.1. The van der Waals surface area contributed by atoms with Crippen molar-refractivity contribution >= 4 is 13.5 Å². The lowest BCUT2D eigenvalue weighted by Gasteiger charge is -2.17. The molecule has 0 fully saturated rings. The van der Waals surface area contributed by atoms with Gasteiger partial charge in [0.05, 0.1) is 38.7 Å². The first-order valence-corrected chi connectivity index (χ1v) is 9.41. The number of nitrogens with two attached hydrogens (primary N) is 1. The molecule has 13 nitrogen and oxygen atoms in total. The number of amides is 1. The molecule has 0 saturated carbocycles. The first-order chi connectivity index (χ1) is 12.3. The minimum Gasteiger partial charge on any atom is -0.350 e. The summed E-state index contributed by atoms with van der Waals surface area (Å²) in [5.74, 6) is 4.67. The molecule has 150 valence electrons. The molecule has 1 unspecified atom stereocenters. The quantitative estimate of drug-likeness (QED) is 0.0555. The standard InChI is InChI=1S/C12H24N5O8P/c1-22-25-8-11(3-5-26(19,20)21)24-9-23-7-10-6-17(16-15-10)4-2-12(18)14-13/h6,11H,2-5,7-9,13H2,1H3,(H,14,18)(H2,19,20,21). The van der Waals surface area contributed by atoms with Gasteiger partial charge in [0.1, 0.15) is 19.1 Å². The highest BCUT2D eigenvalue weighted by Crippen LogP contribution is 2.35. The zero-order valence-corrected chi connectivity index (χ0v) is 15.2. The number of aryl methyl sites for hydroxylation is 1. The number of nitrogens with zero attached hydrogens (tertiary/aromatic N) is 3. The maximum atomic E-state index is 11.1. The monoisotopic (exact) mass is 397 g/mol. The third-order valence-electron chi connectivity index (χ3n) is 3.07. The van der Waals surface area contributed by atoms with Crippen LogP contribution in [0.2, 0.25) is 0 Å². The van der Waals surface area contributed by atoms with Crippen LogP contribution in [0.15, 0.2) is 6.20 Å². The molecular formula is C12H24N5O8P. The Morgan fingerprint density at radius 1 is 1.50 bits per heavy atom. The second-order valence-corrected chi connectivity index (χ2v) is 6.95. The molecule has 1 amide bonds. The van der Waals surface area contributed by atoms with Crippen molar-refractivity contribution in [1.82, 2.24) is 20.4 Å². The summed E-state index contributed by atoms with van der Waals surface area (Å²) in [7, 11) is -2.81. The summed E-state index contributed by atoms with van der Waals surface area (Å²) in [5.41, 5.74) is 2.55. The van der Waals surface area contributed by atoms with Crippen molar-refractivity contribution in [2.24, 2.45) is 5.84 Å². The smallest absolute Gasteiger partial charge is 0.325 e. The SMILES string of the molecule is COOCC(CCP(=O)(O)O)OCOCc1cn(CCC(=O)NN)nn1. The Labute approximate surface area is 149 Å². The van der Waals surface area contributed by atoms with Crippen molar-refractivity contribution in [3.05, 3.63) is 11.9 Å². The third-order valence-corrected chi connectivity index (χ3v) is 3.91. The Hall–Kier alpha value is -1.44. The minimum atomic E-state index is -4.13. The van der Waals surface area contributed by atoms with E-state index >= 15 is 0 Å². The van der Waals surface area contributed by atoms with Crippen molar-refractivity contribution in [2.75, 3.05) is 26.7 Å². The van der Waals surface area contributed by atoms with Crippen molar-refractivity contribution in [2.45, 2.75) is 32.1 Å². The van der Waals surface area contributed by atoms with Gasteiger partial charge in [-0.25, -0.2) is 15.6 Å². The molecule has 0 aromatic carbocycles. The molecule has 0 aliphatic rings. The summed E-state index contributed by atoms with van der Waals surface area (Å²) in [6.45, 7) is 0.297. The van der Waals surface area contributed by atoms with E-state index in [-0.39, 0.29) is 44.9 Å². The molecule has 0 aliphatic heterocycles. The highest BCUT2D eigenvalue weighted by molar-refractivity contribution is 7.51. The molecule has 1 aromatic heterocycles. The zero-order valence-electron chi connectivity index (χ0n) is 14.3. The van der Waals surface area contributed by atoms with E-state index in [1.165, 1.54) is 11.8 Å². The average molecular weight is 397 g/mol. The number of nitrogens with one attached hydrogen (secondary N) is 1. The van der Waals surface area contributed by atoms with Crippen LogP contribution in [0.4, 0.5) is 0 Å². The molecule has 1 atom stereocenters. The van der Waals surface area contributed by atoms with Gasteiger partial charge in [-0.1, -0.05) is 5.21 Å². The molecule has 26 heavy (non-hydrogen) atoms. The van der Waals surface area contributed by atoms with E-state index in [1.54, 1.807) is 6.20 Å². The molecule has 1 heterocycles. The summed E-state index contributed by atoms with van der Waals surface area (Å²) < 4.78 is 23.1. The molecule has 14 heteroatoms. The van der Waals surface area contributed by atoms with Crippen LogP contribution in [-0.2, 0) is 41.8 Å². The molecular weight excluding hydrogens is 373 g/mol. The number of hydrogen-bond donors (Lipinski definition) is 4. The van der Waals surface area contributed by atoms with E-state index < -0.39 is 13.7 Å². The van der Waals surface area contributed by atoms with Gasteiger partial charge in [-0.2, -0.15) is 0 Å². The van der Waals surface area contributed by atoms with E-state index in [1.807, 2.05) is 5.43 Å². The van der Waals surface area contributed by atoms with Crippen LogP contribution in [0.1, 0.15) is 18.5 Å². The van der Waals surface area contributed by atoms with Crippen LogP contribution in [0.25, 0.3) is 0 Å². The number of rotatable bonds is 14. The maximum Gasteiger partial charge on any atom is 0.325 e. The van der Waals surface area contributed by atoms with Gasteiger partial charge in [0, 0.05) is 6.42 Å². The lowest BCUT2D eigenvalue weighted by Crippen LogP contribution is -2.30. The van der Waals surface area contributed by atoms with Crippen LogP contribution < -0.4 is 11.3 Å². The van der Waals surface area contributed by atoms with Crippen LogP contribution in [0.3, 0.4) is 0 Å². The summed E-state index contributed by atoms with van der Waals surface area (Å²) in [4.78, 5) is 38.1. The lowest BCUT2D eigenvalue weighted by molar-refractivity contribution is -0.291. The van der Waals surface area contributed by atoms with Gasteiger partial charge in [0.15, 0.2) is 0 Å². The van der Waals surface area contributed by atoms with Crippen LogP contribution in [0.5, 0.6) is 0 Å². The summed E-state index contributed by atoms with van der Waals surface area (Å²) in [6.07, 6.45) is 0.923. The van der Waals surface area contributed by atoms with Gasteiger partial charge in [-0.15, -0.1) is 5.10 Å². The highest BCUT2D eigenvalue weighted by atomic mass is 31.2. The Morgan fingerprint density at radius 3 is 2.92 bits per heavy atom. The van der Waals surface area contributed by atoms with E-state index in [0.717, 1.165) is 0 Å². The molecule has 1 rings (SSSR count). The fraction of sp³-hybridized carbons (Fsp3) is 0.750. The number of hydrogen-bond acceptors (Lipinski definition) is 9. The van der Waals surface area contributed by atoms with Gasteiger partial charge in [0.25, 0.3) is 0 Å². The van der Waals surface area contributed by atoms with Crippen LogP contribution in [-0.4, -0.2) is 63.5 Å². The number of hydrazine groups is 1. The fourth-order valence-electron chi connectivity index (χ4n) is 1.76. The average Bonchev–Trinajstić information content (AvgIpc) is 3.05. The highest BCUT2D eigenvalue weighted by Gasteiger charge is 2.18. The Morgan fingerprint density at radius 2 is 2.27 bits per heavy atom. The normalized spacial score (nSPS) is 12.9. The number of aromatic nitrogens is 3. The Kier molecular flexibility index (Phi) is 10.5. The molecule has 0 spiro atoms. The Bertz CT molecular complexity index is 580. The van der Waals surface area contributed by atoms with Crippen molar-refractivity contribution in [1.29, 1.82) is 0 Å². The van der Waals surface area contributed by atoms with Crippen LogP contribution >= 0.6 is 7.60 Å². The van der Waals surface area contributed by atoms with E-state index in [4.69, 9.17) is 30.0 Å². The molecule has 1 aromatic rings. The van der Waals surface area contributed by atoms with Gasteiger partial charge in [-0.3, -0.25) is 19.5 Å². The number of carbonyl (C=O) groups is 1. The second-order valence-electron chi connectivity index (χ2n) is 5.17. The van der Waals surface area contributed by atoms with Crippen molar-refractivity contribution in [3.8, 4) is 0 Å². The molecule has 0 aliphatic carbocycles. The predicted octanol–water partition coefficient (Wildman–Crippen LogP) is -1.34. The van der Waals surface area contributed by atoms with Gasteiger partial charge < -0.3 is 19.3 Å². The van der Waals surface area contributed by atoms with Crippen molar-refractivity contribution in [3.63, 3.8) is 0 Å². The first kappa shape index (κ1) is 22.6. The van der Waals surface area contributed by atoms with Gasteiger partial charge >= 0.3 is 7.60 Å². The summed E-state index contributed by atoms with van der Waals surface area (Å²) in [6, 6.07) is 0. The first-order valence-electron chi connectivity index (χ1n) is 7.62. The summed E-state index contributed by atoms with van der Waals surface area (Å²) >= 11 is 0. The molecule has 5 N–H and O–H groups in total. The molecule has 0 saturated heterocycles. The number of ether oxygens (including phenoxy) is 2. The predicted molar refractivity (Wildman–Crippen MR) is 86.0 cm³/mol. The second kappa shape index (κ2) is 12.0. The summed E-state index contributed by atoms with van der Waals surface area (Å²) in [5, 5.41) is 7.71. The molecule has 0 bridgehead atoms. The Balaban J connectivity index is 2.30. The van der Waals surface area contributed by atoms with E-state index in [2.05, 4.69) is 15.2 Å². The minimum absolute atomic E-state index is 0.000745. The van der Waals surface area contributed by atoms with E-state index in [9.17, 15) is 9.36 Å². The number of carbonyl (C=O) groups excluding carboxylic acids is 1. The van der Waals surface area contributed by atoms with Crippen LogP contribution in [0, 0.1) is 0 Å². The van der Waals surface area contributed by atoms with Gasteiger partial charge in [0.2, 0.25) is 5.91 Å². The van der Waals surface area contributed by atoms with Gasteiger partial charge in [-0.05, 0) is 6.42 Å². The lowest BCUT2D eigenvalue weighted by atomic mass is 10.3. The molecule has 0 radical (unpaired) electrons. The third kappa shape index (κ3) is 10.5. The fourth-order valence-corrected chi connectivity index (χ4v) is 2.39. The largest absolute Gasteiger partial charge is 0.350 e. The van der Waals surface area contributed by atoms with Crippen molar-refractivity contribution < 1.29 is 38.4 Å². The zero-order chi connectivity index (χ0) is 19.4.